The fraction of sp³-hybridized carbons (Fsp3) is 0.474. The lowest BCUT2D eigenvalue weighted by molar-refractivity contribution is 0.330. The molecule has 0 aromatic heterocycles. The van der Waals surface area contributed by atoms with E-state index in [0.717, 1.165) is 18.4 Å². The standard InChI is InChI=1S/C19H23N3/c1-22(2)14-19(13-21)18-9-7-17(8-10-18)16-5-3-15(4-6-16)11-12-20/h7-10,14-16H,3-6,11H2,1-2H3/b19-14+/t15-,16-. The van der Waals surface area contributed by atoms with E-state index >= 15 is 0 Å². The zero-order valence-corrected chi connectivity index (χ0v) is 13.4. The van der Waals surface area contributed by atoms with Crippen molar-refractivity contribution in [2.24, 2.45) is 5.92 Å². The summed E-state index contributed by atoms with van der Waals surface area (Å²) in [7, 11) is 3.84. The summed E-state index contributed by atoms with van der Waals surface area (Å²) in [6.07, 6.45) is 7.21. The van der Waals surface area contributed by atoms with Gasteiger partial charge in [-0.1, -0.05) is 24.3 Å². The van der Waals surface area contributed by atoms with Crippen LogP contribution in [-0.2, 0) is 0 Å². The van der Waals surface area contributed by atoms with E-state index in [4.69, 9.17) is 5.26 Å². The van der Waals surface area contributed by atoms with E-state index in [1.165, 1.54) is 18.4 Å². The molecule has 1 aliphatic carbocycles. The SMILES string of the molecule is CN(C)/C=C(\C#N)c1ccc([C@H]2CC[C@H](CC#N)CC2)cc1. The second-order valence-corrected chi connectivity index (χ2v) is 6.32. The molecule has 1 aliphatic rings. The molecule has 3 nitrogen and oxygen atoms in total. The van der Waals surface area contributed by atoms with Crippen molar-refractivity contribution in [2.75, 3.05) is 14.1 Å². The molecule has 0 amide bonds. The van der Waals surface area contributed by atoms with Crippen LogP contribution in [0.15, 0.2) is 30.5 Å². The Balaban J connectivity index is 2.04. The van der Waals surface area contributed by atoms with Gasteiger partial charge in [0, 0.05) is 26.7 Å². The number of benzene rings is 1. The van der Waals surface area contributed by atoms with E-state index in [9.17, 15) is 5.26 Å². The third-order valence-corrected chi connectivity index (χ3v) is 4.43. The Morgan fingerprint density at radius 3 is 2.27 bits per heavy atom. The molecule has 0 aliphatic heterocycles. The first-order chi connectivity index (χ1) is 10.6. The minimum Gasteiger partial charge on any atom is -0.382 e. The monoisotopic (exact) mass is 293 g/mol. The molecule has 0 spiro atoms. The van der Waals surface area contributed by atoms with Gasteiger partial charge in [0.1, 0.15) is 6.07 Å². The normalized spacial score (nSPS) is 21.7. The van der Waals surface area contributed by atoms with Crippen molar-refractivity contribution < 1.29 is 0 Å². The molecule has 1 saturated carbocycles. The van der Waals surface area contributed by atoms with Crippen LogP contribution in [0.3, 0.4) is 0 Å². The van der Waals surface area contributed by atoms with Crippen LogP contribution in [0.2, 0.25) is 0 Å². The molecule has 0 atom stereocenters. The van der Waals surface area contributed by atoms with Crippen molar-refractivity contribution in [3.05, 3.63) is 41.6 Å². The molecular weight excluding hydrogens is 270 g/mol. The zero-order valence-electron chi connectivity index (χ0n) is 13.4. The van der Waals surface area contributed by atoms with Crippen LogP contribution in [0, 0.1) is 28.6 Å². The van der Waals surface area contributed by atoms with Gasteiger partial charge in [0.15, 0.2) is 0 Å². The average Bonchev–Trinajstić information content (AvgIpc) is 2.54. The van der Waals surface area contributed by atoms with Gasteiger partial charge in [0.2, 0.25) is 0 Å². The largest absolute Gasteiger partial charge is 0.382 e. The minimum absolute atomic E-state index is 0.591. The molecule has 0 bridgehead atoms. The molecule has 3 heteroatoms. The number of hydrogen-bond acceptors (Lipinski definition) is 3. The molecule has 0 N–H and O–H groups in total. The smallest absolute Gasteiger partial charge is 0.101 e. The van der Waals surface area contributed by atoms with Crippen molar-refractivity contribution in [3.8, 4) is 12.1 Å². The summed E-state index contributed by atoms with van der Waals surface area (Å²) in [4.78, 5) is 1.89. The maximum absolute atomic E-state index is 9.25. The molecule has 114 valence electrons. The molecule has 1 aromatic carbocycles. The van der Waals surface area contributed by atoms with E-state index in [1.807, 2.05) is 25.2 Å². The molecule has 0 unspecified atom stereocenters. The Kier molecular flexibility index (Phi) is 5.61. The number of rotatable bonds is 4. The van der Waals surface area contributed by atoms with E-state index in [0.29, 0.717) is 23.8 Å². The van der Waals surface area contributed by atoms with Gasteiger partial charge >= 0.3 is 0 Å². The van der Waals surface area contributed by atoms with Crippen LogP contribution < -0.4 is 0 Å². The topological polar surface area (TPSA) is 50.8 Å². The van der Waals surface area contributed by atoms with Crippen LogP contribution in [-0.4, -0.2) is 19.0 Å². The van der Waals surface area contributed by atoms with Gasteiger partial charge in [-0.2, -0.15) is 10.5 Å². The first kappa shape index (κ1) is 16.1. The van der Waals surface area contributed by atoms with E-state index in [-0.39, 0.29) is 0 Å². The number of nitrogens with zero attached hydrogens (tertiary/aromatic N) is 3. The first-order valence-corrected chi connectivity index (χ1v) is 7.89. The van der Waals surface area contributed by atoms with Gasteiger partial charge in [-0.25, -0.2) is 0 Å². The molecule has 22 heavy (non-hydrogen) atoms. The minimum atomic E-state index is 0.591. The van der Waals surface area contributed by atoms with Crippen LogP contribution in [0.5, 0.6) is 0 Å². The van der Waals surface area contributed by atoms with Crippen molar-refractivity contribution in [3.63, 3.8) is 0 Å². The second kappa shape index (κ2) is 7.66. The maximum Gasteiger partial charge on any atom is 0.101 e. The van der Waals surface area contributed by atoms with Crippen LogP contribution in [0.25, 0.3) is 5.57 Å². The Labute approximate surface area is 133 Å². The highest BCUT2D eigenvalue weighted by Crippen LogP contribution is 2.37. The Bertz CT molecular complexity index is 591. The van der Waals surface area contributed by atoms with Crippen molar-refractivity contribution >= 4 is 5.57 Å². The predicted molar refractivity (Wildman–Crippen MR) is 88.6 cm³/mol. The molecule has 1 fully saturated rings. The third-order valence-electron chi connectivity index (χ3n) is 4.43. The molecule has 1 aromatic rings. The Morgan fingerprint density at radius 2 is 1.77 bits per heavy atom. The van der Waals surface area contributed by atoms with Crippen LogP contribution >= 0.6 is 0 Å². The van der Waals surface area contributed by atoms with Crippen LogP contribution in [0.4, 0.5) is 0 Å². The summed E-state index contributed by atoms with van der Waals surface area (Å²) >= 11 is 0. The number of hydrogen-bond donors (Lipinski definition) is 0. The fourth-order valence-electron chi connectivity index (χ4n) is 3.19. The van der Waals surface area contributed by atoms with Crippen LogP contribution in [0.1, 0.15) is 49.1 Å². The number of nitriles is 2. The van der Waals surface area contributed by atoms with Crippen molar-refractivity contribution in [2.45, 2.75) is 38.0 Å². The molecule has 2 rings (SSSR count). The first-order valence-electron chi connectivity index (χ1n) is 7.89. The third kappa shape index (κ3) is 4.12. The fourth-order valence-corrected chi connectivity index (χ4v) is 3.19. The lowest BCUT2D eigenvalue weighted by Gasteiger charge is -2.27. The van der Waals surface area contributed by atoms with Gasteiger partial charge in [-0.15, -0.1) is 0 Å². The Morgan fingerprint density at radius 1 is 1.14 bits per heavy atom. The van der Waals surface area contributed by atoms with E-state index < -0.39 is 0 Å². The highest BCUT2D eigenvalue weighted by molar-refractivity contribution is 5.76. The van der Waals surface area contributed by atoms with Crippen molar-refractivity contribution in [1.29, 1.82) is 10.5 Å². The molecule has 0 heterocycles. The molecule has 0 saturated heterocycles. The van der Waals surface area contributed by atoms with Gasteiger partial charge in [0.05, 0.1) is 11.6 Å². The van der Waals surface area contributed by atoms with Gasteiger partial charge < -0.3 is 4.90 Å². The molecule has 0 radical (unpaired) electrons. The lowest BCUT2D eigenvalue weighted by atomic mass is 9.77. The van der Waals surface area contributed by atoms with E-state index in [2.05, 4.69) is 36.4 Å². The summed E-state index contributed by atoms with van der Waals surface area (Å²) in [6.45, 7) is 0. The molecular formula is C19H23N3. The summed E-state index contributed by atoms with van der Waals surface area (Å²) < 4.78 is 0. The average molecular weight is 293 g/mol. The zero-order chi connectivity index (χ0) is 15.9. The number of allylic oxidation sites excluding steroid dienone is 1. The van der Waals surface area contributed by atoms with E-state index in [1.54, 1.807) is 0 Å². The van der Waals surface area contributed by atoms with Gasteiger partial charge in [-0.05, 0) is 48.6 Å². The quantitative estimate of drug-likeness (QED) is 0.778. The second-order valence-electron chi connectivity index (χ2n) is 6.32. The van der Waals surface area contributed by atoms with Gasteiger partial charge in [-0.3, -0.25) is 0 Å². The Hall–Kier alpha value is -2.26. The summed E-state index contributed by atoms with van der Waals surface area (Å²) in [5, 5.41) is 18.0. The summed E-state index contributed by atoms with van der Waals surface area (Å²) in [5.74, 6) is 1.20. The highest BCUT2D eigenvalue weighted by Gasteiger charge is 2.22. The highest BCUT2D eigenvalue weighted by atomic mass is 15.0. The predicted octanol–water partition coefficient (Wildman–Crippen LogP) is 4.30. The van der Waals surface area contributed by atoms with Gasteiger partial charge in [0.25, 0.3) is 0 Å². The maximum atomic E-state index is 9.25. The summed E-state index contributed by atoms with van der Waals surface area (Å²) in [6, 6.07) is 13.0. The van der Waals surface area contributed by atoms with Crippen molar-refractivity contribution in [1.82, 2.24) is 4.90 Å². The summed E-state index contributed by atoms with van der Waals surface area (Å²) in [5.41, 5.74) is 3.02. The lowest BCUT2D eigenvalue weighted by Crippen LogP contribution is -2.12.